The van der Waals surface area contributed by atoms with Crippen molar-refractivity contribution in [1.29, 1.82) is 0 Å². The van der Waals surface area contributed by atoms with Gasteiger partial charge in [0.2, 0.25) is 0 Å². The van der Waals surface area contributed by atoms with E-state index in [0.717, 1.165) is 24.2 Å². The maximum atomic E-state index is 11.3. The summed E-state index contributed by atoms with van der Waals surface area (Å²) in [7, 11) is -4.04. The summed E-state index contributed by atoms with van der Waals surface area (Å²) in [5.41, 5.74) is 0. The van der Waals surface area contributed by atoms with Gasteiger partial charge in [0.05, 0.1) is 15.4 Å². The number of fused-ring (bicyclic) bond motifs is 9. The Balaban J connectivity index is 1.71. The Morgan fingerprint density at radius 3 is 2.25 bits per heavy atom. The Labute approximate surface area is 96.4 Å². The first-order chi connectivity index (χ1) is 7.55. The van der Waals surface area contributed by atoms with Crippen molar-refractivity contribution in [2.24, 2.45) is 35.5 Å². The zero-order chi connectivity index (χ0) is 11.1. The van der Waals surface area contributed by atoms with Crippen molar-refractivity contribution in [3.05, 3.63) is 0 Å². The van der Waals surface area contributed by atoms with Crippen molar-refractivity contribution in [3.63, 3.8) is 0 Å². The van der Waals surface area contributed by atoms with E-state index in [-0.39, 0.29) is 5.92 Å². The average Bonchev–Trinajstić information content (AvgIpc) is 2.94. The zero-order valence-electron chi connectivity index (χ0n) is 9.21. The van der Waals surface area contributed by atoms with Gasteiger partial charge < -0.3 is 4.55 Å². The molecule has 0 radical (unpaired) electrons. The van der Waals surface area contributed by atoms with Crippen molar-refractivity contribution in [2.45, 2.75) is 37.4 Å². The van der Waals surface area contributed by atoms with Crippen molar-refractivity contribution < 1.29 is 13.0 Å². The van der Waals surface area contributed by atoms with Gasteiger partial charge in [0.15, 0.2) is 0 Å². The van der Waals surface area contributed by atoms with Crippen LogP contribution in [0.1, 0.15) is 32.1 Å². The van der Waals surface area contributed by atoms with E-state index in [4.69, 9.17) is 0 Å². The molecular formula is C12H17O3S-. The largest absolute Gasteiger partial charge is 0.748 e. The molecule has 4 heteroatoms. The Morgan fingerprint density at radius 1 is 0.875 bits per heavy atom. The van der Waals surface area contributed by atoms with E-state index in [1.54, 1.807) is 0 Å². The van der Waals surface area contributed by atoms with Crippen LogP contribution in [0.5, 0.6) is 0 Å². The SMILES string of the molecule is O=S(=O)([O-])C1CC2CC1C1C3CCC(C3)C21. The highest BCUT2D eigenvalue weighted by molar-refractivity contribution is 7.86. The van der Waals surface area contributed by atoms with E-state index >= 15 is 0 Å². The molecule has 16 heavy (non-hydrogen) atoms. The second kappa shape index (κ2) is 2.83. The quantitative estimate of drug-likeness (QED) is 0.517. The molecule has 0 heterocycles. The fourth-order valence-electron chi connectivity index (χ4n) is 5.84. The molecule has 0 aromatic heterocycles. The third kappa shape index (κ3) is 1.05. The molecule has 4 aliphatic rings. The predicted octanol–water partition coefficient (Wildman–Crippen LogP) is 1.60. The molecule has 0 aromatic carbocycles. The van der Waals surface area contributed by atoms with Gasteiger partial charge in [0.1, 0.15) is 0 Å². The van der Waals surface area contributed by atoms with Crippen molar-refractivity contribution in [1.82, 2.24) is 0 Å². The molecule has 7 unspecified atom stereocenters. The summed E-state index contributed by atoms with van der Waals surface area (Å²) < 4.78 is 33.8. The van der Waals surface area contributed by atoms with Gasteiger partial charge in [-0.2, -0.15) is 0 Å². The third-order valence-electron chi connectivity index (χ3n) is 6.04. The van der Waals surface area contributed by atoms with Gasteiger partial charge in [0, 0.05) is 0 Å². The van der Waals surface area contributed by atoms with E-state index in [0.29, 0.717) is 18.3 Å². The lowest BCUT2D eigenvalue weighted by molar-refractivity contribution is 0.145. The van der Waals surface area contributed by atoms with Crippen molar-refractivity contribution in [3.8, 4) is 0 Å². The van der Waals surface area contributed by atoms with Crippen LogP contribution in [0.4, 0.5) is 0 Å². The highest BCUT2D eigenvalue weighted by Crippen LogP contribution is 2.68. The molecule has 90 valence electrons. The molecular weight excluding hydrogens is 224 g/mol. The Hall–Kier alpha value is -0.0900. The molecule has 7 atom stereocenters. The molecule has 0 aromatic rings. The molecule has 4 aliphatic carbocycles. The first-order valence-corrected chi connectivity index (χ1v) is 7.97. The van der Waals surface area contributed by atoms with E-state index in [1.807, 2.05) is 0 Å². The molecule has 4 rings (SSSR count). The first kappa shape index (κ1) is 9.89. The topological polar surface area (TPSA) is 57.2 Å². The van der Waals surface area contributed by atoms with Gasteiger partial charge in [-0.25, -0.2) is 8.42 Å². The predicted molar refractivity (Wildman–Crippen MR) is 57.5 cm³/mol. The van der Waals surface area contributed by atoms with Crippen LogP contribution in [0.25, 0.3) is 0 Å². The molecule has 4 bridgehead atoms. The average molecular weight is 241 g/mol. The monoisotopic (exact) mass is 241 g/mol. The molecule has 0 amide bonds. The van der Waals surface area contributed by atoms with Gasteiger partial charge in [-0.05, 0) is 67.6 Å². The van der Waals surface area contributed by atoms with Gasteiger partial charge in [-0.1, -0.05) is 0 Å². The summed E-state index contributed by atoms with van der Waals surface area (Å²) in [4.78, 5) is 0. The summed E-state index contributed by atoms with van der Waals surface area (Å²) >= 11 is 0. The Bertz CT molecular complexity index is 430. The lowest BCUT2D eigenvalue weighted by Gasteiger charge is -2.39. The molecule has 0 spiro atoms. The fourth-order valence-corrected chi connectivity index (χ4v) is 7.04. The first-order valence-electron chi connectivity index (χ1n) is 6.50. The Kier molecular flexibility index (Phi) is 1.75. The minimum atomic E-state index is -4.04. The van der Waals surface area contributed by atoms with E-state index in [2.05, 4.69) is 0 Å². The Morgan fingerprint density at radius 2 is 1.56 bits per heavy atom. The van der Waals surface area contributed by atoms with Crippen LogP contribution in [0.15, 0.2) is 0 Å². The maximum Gasteiger partial charge on any atom is 0.0978 e. The zero-order valence-corrected chi connectivity index (χ0v) is 10.0. The molecule has 0 aliphatic heterocycles. The summed E-state index contributed by atoms with van der Waals surface area (Å²) in [6, 6.07) is 0. The molecule has 0 N–H and O–H groups in total. The van der Waals surface area contributed by atoms with Gasteiger partial charge in [-0.3, -0.25) is 0 Å². The van der Waals surface area contributed by atoms with Crippen LogP contribution in [0.3, 0.4) is 0 Å². The van der Waals surface area contributed by atoms with E-state index < -0.39 is 15.4 Å². The highest BCUT2D eigenvalue weighted by Gasteiger charge is 2.63. The summed E-state index contributed by atoms with van der Waals surface area (Å²) in [5, 5.41) is -0.530. The number of hydrogen-bond acceptors (Lipinski definition) is 3. The van der Waals surface area contributed by atoms with Crippen molar-refractivity contribution in [2.75, 3.05) is 0 Å². The van der Waals surface area contributed by atoms with Crippen LogP contribution < -0.4 is 0 Å². The summed E-state index contributed by atoms with van der Waals surface area (Å²) in [6.45, 7) is 0. The van der Waals surface area contributed by atoms with Crippen LogP contribution >= 0.6 is 0 Å². The second-order valence-corrected chi connectivity index (χ2v) is 8.01. The smallest absolute Gasteiger partial charge is 0.0978 e. The van der Waals surface area contributed by atoms with Gasteiger partial charge in [0.25, 0.3) is 0 Å². The maximum absolute atomic E-state index is 11.3. The minimum Gasteiger partial charge on any atom is -0.748 e. The normalized spacial score (nSPS) is 58.2. The van der Waals surface area contributed by atoms with Crippen LogP contribution in [0.2, 0.25) is 0 Å². The van der Waals surface area contributed by atoms with Crippen LogP contribution in [-0.4, -0.2) is 18.2 Å². The van der Waals surface area contributed by atoms with Gasteiger partial charge in [-0.15, -0.1) is 0 Å². The highest BCUT2D eigenvalue weighted by atomic mass is 32.2. The lowest BCUT2D eigenvalue weighted by atomic mass is 9.71. The summed E-state index contributed by atoms with van der Waals surface area (Å²) in [5.74, 6) is 3.83. The fraction of sp³-hybridized carbons (Fsp3) is 1.00. The standard InChI is InChI=1S/C12H18O3S/c13-16(14,15)10-5-8-4-9(10)12-7-2-1-6(3-7)11(8)12/h6-12H,1-5H2,(H,13,14,15)/p-1. The molecule has 4 fully saturated rings. The number of rotatable bonds is 1. The van der Waals surface area contributed by atoms with Gasteiger partial charge >= 0.3 is 0 Å². The number of hydrogen-bond donors (Lipinski definition) is 0. The minimum absolute atomic E-state index is 0.229. The second-order valence-electron chi connectivity index (χ2n) is 6.41. The third-order valence-corrected chi connectivity index (χ3v) is 7.33. The molecule has 0 saturated heterocycles. The summed E-state index contributed by atoms with van der Waals surface area (Å²) in [6.07, 6.45) is 5.70. The molecule has 3 nitrogen and oxygen atoms in total. The van der Waals surface area contributed by atoms with Crippen LogP contribution in [0, 0.1) is 35.5 Å². The lowest BCUT2D eigenvalue weighted by Crippen LogP contribution is -2.38. The van der Waals surface area contributed by atoms with E-state index in [1.165, 1.54) is 19.3 Å². The van der Waals surface area contributed by atoms with Crippen LogP contribution in [-0.2, 0) is 10.1 Å². The van der Waals surface area contributed by atoms with E-state index in [9.17, 15) is 13.0 Å². The molecule has 4 saturated carbocycles. The van der Waals surface area contributed by atoms with Crippen molar-refractivity contribution >= 4 is 10.1 Å².